The quantitative estimate of drug-likeness (QED) is 0.421. The molecule has 0 atom stereocenters. The summed E-state index contributed by atoms with van der Waals surface area (Å²) >= 11 is 6.75. The van der Waals surface area contributed by atoms with Gasteiger partial charge in [-0.15, -0.1) is 0 Å². The van der Waals surface area contributed by atoms with Crippen molar-refractivity contribution in [2.24, 2.45) is 4.99 Å². The largest absolute Gasteiger partial charge is 0.338 e. The molecule has 0 bridgehead atoms. The Morgan fingerprint density at radius 1 is 1.33 bits per heavy atom. The van der Waals surface area contributed by atoms with Crippen LogP contribution in [0, 0.1) is 18.3 Å². The molecule has 132 valence electrons. The molecule has 0 spiro atoms. The molecule has 4 aromatic rings. The van der Waals surface area contributed by atoms with Crippen LogP contribution >= 0.6 is 31.9 Å². The Hall–Kier alpha value is -2.76. The molecule has 0 radical (unpaired) electrons. The molecule has 3 aromatic heterocycles. The van der Waals surface area contributed by atoms with Crippen LogP contribution in [0.4, 0.5) is 5.82 Å². The van der Waals surface area contributed by atoms with Crippen molar-refractivity contribution in [2.45, 2.75) is 6.92 Å². The van der Waals surface area contributed by atoms with Gasteiger partial charge >= 0.3 is 0 Å². The van der Waals surface area contributed by atoms with E-state index < -0.39 is 0 Å². The van der Waals surface area contributed by atoms with E-state index in [1.54, 1.807) is 13.1 Å². The van der Waals surface area contributed by atoms with E-state index in [2.05, 4.69) is 52.9 Å². The number of pyridine rings is 2. The number of imidazole rings is 1. The van der Waals surface area contributed by atoms with Gasteiger partial charge in [0.1, 0.15) is 11.7 Å². The number of halogens is 2. The normalized spacial score (nSPS) is 11.5. The van der Waals surface area contributed by atoms with Crippen molar-refractivity contribution in [3.63, 3.8) is 0 Å². The Kier molecular flexibility index (Phi) is 4.42. The highest BCUT2D eigenvalue weighted by Gasteiger charge is 2.17. The molecule has 3 heterocycles. The number of aromatic nitrogens is 3. The fourth-order valence-corrected chi connectivity index (χ4v) is 4.06. The Balaban J connectivity index is 2.01. The van der Waals surface area contributed by atoms with Gasteiger partial charge in [0.2, 0.25) is 0 Å². The average molecular weight is 485 g/mol. The first-order chi connectivity index (χ1) is 13.0. The molecule has 0 aliphatic rings. The van der Waals surface area contributed by atoms with E-state index in [1.807, 2.05) is 30.3 Å². The second-order valence-electron chi connectivity index (χ2n) is 5.87. The third-order valence-corrected chi connectivity index (χ3v) is 5.30. The maximum Gasteiger partial charge on any atom is 0.265 e. The number of nitrogens with zero attached hydrogens (tertiary/aromatic N) is 4. The van der Waals surface area contributed by atoms with E-state index in [4.69, 9.17) is 0 Å². The van der Waals surface area contributed by atoms with E-state index in [9.17, 15) is 10.1 Å². The van der Waals surface area contributed by atoms with Gasteiger partial charge in [0.15, 0.2) is 5.82 Å². The number of hydrogen-bond donors (Lipinski definition) is 1. The summed E-state index contributed by atoms with van der Waals surface area (Å²) in [7, 11) is 0. The Morgan fingerprint density at radius 3 is 2.85 bits per heavy atom. The average Bonchev–Trinajstić information content (AvgIpc) is 3.03. The standard InChI is InChI=1S/C19H11Br2N5O/c1-10-12(7-22)18-25-15-4-2-3-5-16(15)26(18)19(27)13(10)9-24-17-14(21)6-11(20)8-23-17/h2-6,8-9,25H,1H3/b24-9+. The fraction of sp³-hybridized carbons (Fsp3) is 0.0526. The number of rotatable bonds is 2. The van der Waals surface area contributed by atoms with Gasteiger partial charge in [0.25, 0.3) is 5.56 Å². The number of para-hydroxylation sites is 2. The van der Waals surface area contributed by atoms with Crippen molar-refractivity contribution in [1.29, 1.82) is 5.26 Å². The number of nitrogens with one attached hydrogen (secondary N) is 1. The van der Waals surface area contributed by atoms with Crippen LogP contribution in [0.2, 0.25) is 0 Å². The maximum absolute atomic E-state index is 13.2. The van der Waals surface area contributed by atoms with Gasteiger partial charge in [-0.05, 0) is 62.5 Å². The van der Waals surface area contributed by atoms with Crippen molar-refractivity contribution in [2.75, 3.05) is 0 Å². The number of H-pyrrole nitrogens is 1. The molecular weight excluding hydrogens is 474 g/mol. The highest BCUT2D eigenvalue weighted by molar-refractivity contribution is 9.11. The van der Waals surface area contributed by atoms with Crippen LogP contribution in [-0.4, -0.2) is 20.6 Å². The van der Waals surface area contributed by atoms with E-state index in [0.29, 0.717) is 38.1 Å². The number of hydrogen-bond acceptors (Lipinski definition) is 4. The molecule has 1 aromatic carbocycles. The summed E-state index contributed by atoms with van der Waals surface area (Å²) < 4.78 is 3.03. The van der Waals surface area contributed by atoms with E-state index in [0.717, 1.165) is 9.99 Å². The summed E-state index contributed by atoms with van der Waals surface area (Å²) in [6.07, 6.45) is 3.09. The zero-order valence-corrected chi connectivity index (χ0v) is 17.2. The highest BCUT2D eigenvalue weighted by atomic mass is 79.9. The molecule has 4 rings (SSSR count). The van der Waals surface area contributed by atoms with Gasteiger partial charge in [-0.25, -0.2) is 9.98 Å². The highest BCUT2D eigenvalue weighted by Crippen LogP contribution is 2.26. The van der Waals surface area contributed by atoms with Crippen molar-refractivity contribution < 1.29 is 0 Å². The summed E-state index contributed by atoms with van der Waals surface area (Å²) in [6.45, 7) is 1.75. The first-order valence-electron chi connectivity index (χ1n) is 7.92. The molecule has 0 fully saturated rings. The Bertz CT molecular complexity index is 1340. The molecule has 0 unspecified atom stereocenters. The summed E-state index contributed by atoms with van der Waals surface area (Å²) in [5.74, 6) is 0.444. The maximum atomic E-state index is 13.2. The number of nitriles is 1. The van der Waals surface area contributed by atoms with Crippen LogP contribution < -0.4 is 5.56 Å². The third kappa shape index (κ3) is 2.89. The number of fused-ring (bicyclic) bond motifs is 3. The third-order valence-electron chi connectivity index (χ3n) is 4.29. The van der Waals surface area contributed by atoms with Crippen LogP contribution in [-0.2, 0) is 0 Å². The molecule has 8 heteroatoms. The molecule has 1 N–H and O–H groups in total. The van der Waals surface area contributed by atoms with Crippen LogP contribution in [0.5, 0.6) is 0 Å². The lowest BCUT2D eigenvalue weighted by molar-refractivity contribution is 1.11. The van der Waals surface area contributed by atoms with Crippen LogP contribution in [0.1, 0.15) is 16.7 Å². The Morgan fingerprint density at radius 2 is 2.11 bits per heavy atom. The molecular formula is C19H11Br2N5O. The fourth-order valence-electron chi connectivity index (χ4n) is 2.97. The molecule has 0 aliphatic heterocycles. The van der Waals surface area contributed by atoms with Crippen LogP contribution in [0.3, 0.4) is 0 Å². The summed E-state index contributed by atoms with van der Waals surface area (Å²) in [6, 6.07) is 11.5. The van der Waals surface area contributed by atoms with Crippen LogP contribution in [0.15, 0.2) is 55.3 Å². The van der Waals surface area contributed by atoms with E-state index >= 15 is 0 Å². The molecule has 27 heavy (non-hydrogen) atoms. The van der Waals surface area contributed by atoms with E-state index in [-0.39, 0.29) is 5.56 Å². The molecule has 0 saturated carbocycles. The van der Waals surface area contributed by atoms with Gasteiger partial charge in [-0.3, -0.25) is 9.20 Å². The van der Waals surface area contributed by atoms with Gasteiger partial charge in [-0.1, -0.05) is 12.1 Å². The summed E-state index contributed by atoms with van der Waals surface area (Å²) in [4.78, 5) is 24.9. The molecule has 0 saturated heterocycles. The molecule has 0 amide bonds. The summed E-state index contributed by atoms with van der Waals surface area (Å²) in [5, 5.41) is 9.66. The first kappa shape index (κ1) is 17.6. The number of aromatic amines is 1. The minimum atomic E-state index is -0.240. The number of benzene rings is 1. The van der Waals surface area contributed by atoms with Crippen LogP contribution in [0.25, 0.3) is 16.7 Å². The van der Waals surface area contributed by atoms with E-state index in [1.165, 1.54) is 10.6 Å². The molecule has 0 aliphatic carbocycles. The Labute approximate surface area is 170 Å². The zero-order valence-electron chi connectivity index (χ0n) is 14.0. The lowest BCUT2D eigenvalue weighted by Gasteiger charge is -2.05. The van der Waals surface area contributed by atoms with Crippen molar-refractivity contribution >= 4 is 60.6 Å². The number of aliphatic imine (C=N–C) groups is 1. The zero-order chi connectivity index (χ0) is 19.1. The van der Waals surface area contributed by atoms with Crippen molar-refractivity contribution in [3.05, 3.63) is 72.5 Å². The van der Waals surface area contributed by atoms with Gasteiger partial charge in [0.05, 0.1) is 26.6 Å². The lowest BCUT2D eigenvalue weighted by Crippen LogP contribution is -2.20. The first-order valence-corrected chi connectivity index (χ1v) is 9.51. The van der Waals surface area contributed by atoms with Gasteiger partial charge < -0.3 is 4.98 Å². The van der Waals surface area contributed by atoms with Crippen molar-refractivity contribution in [1.82, 2.24) is 14.4 Å². The minimum Gasteiger partial charge on any atom is -0.338 e. The SMILES string of the molecule is Cc1c(/C=N/c2ncc(Br)cc2Br)c(=O)n2c([nH]c3ccccc32)c1C#N. The second-order valence-corrected chi connectivity index (χ2v) is 7.64. The monoisotopic (exact) mass is 483 g/mol. The minimum absolute atomic E-state index is 0.240. The lowest BCUT2D eigenvalue weighted by atomic mass is 10.1. The van der Waals surface area contributed by atoms with Crippen molar-refractivity contribution in [3.8, 4) is 6.07 Å². The predicted octanol–water partition coefficient (Wildman–Crippen LogP) is 4.63. The van der Waals surface area contributed by atoms with Gasteiger partial charge in [-0.2, -0.15) is 5.26 Å². The predicted molar refractivity (Wildman–Crippen MR) is 112 cm³/mol. The topological polar surface area (TPSA) is 86.3 Å². The van der Waals surface area contributed by atoms with Gasteiger partial charge in [0, 0.05) is 16.9 Å². The summed E-state index contributed by atoms with van der Waals surface area (Å²) in [5.41, 5.74) is 3.09. The molecule has 6 nitrogen and oxygen atoms in total. The smallest absolute Gasteiger partial charge is 0.265 e. The second kappa shape index (κ2) is 6.76.